The van der Waals surface area contributed by atoms with Crippen LogP contribution in [0.2, 0.25) is 0 Å². The van der Waals surface area contributed by atoms with Gasteiger partial charge in [0.15, 0.2) is 0 Å². The summed E-state index contributed by atoms with van der Waals surface area (Å²) in [5.74, 6) is 0. The minimum atomic E-state index is 0.0327. The van der Waals surface area contributed by atoms with Gasteiger partial charge in [-0.25, -0.2) is 0 Å². The summed E-state index contributed by atoms with van der Waals surface area (Å²) in [7, 11) is 0. The summed E-state index contributed by atoms with van der Waals surface area (Å²) < 4.78 is 11.7. The molecule has 2 nitrogen and oxygen atoms in total. The Balaban J connectivity index is 1.87. The molecule has 1 unspecified atom stereocenters. The summed E-state index contributed by atoms with van der Waals surface area (Å²) in [6.07, 6.45) is 0.158. The van der Waals surface area contributed by atoms with Gasteiger partial charge in [0.1, 0.15) is 6.10 Å². The van der Waals surface area contributed by atoms with Gasteiger partial charge >= 0.3 is 0 Å². The van der Waals surface area contributed by atoms with Crippen molar-refractivity contribution in [3.8, 4) is 11.1 Å². The minimum Gasteiger partial charge on any atom is -0.376 e. The van der Waals surface area contributed by atoms with E-state index in [0.29, 0.717) is 6.61 Å². The molecule has 2 aromatic rings. The van der Waals surface area contributed by atoms with Gasteiger partial charge in [-0.05, 0) is 36.1 Å². The molecule has 2 aromatic carbocycles. The molecule has 0 N–H and O–H groups in total. The molecular formula is C18H20O2. The quantitative estimate of drug-likeness (QED) is 0.809. The molecule has 0 radical (unpaired) electrons. The van der Waals surface area contributed by atoms with Crippen molar-refractivity contribution in [3.05, 3.63) is 59.7 Å². The summed E-state index contributed by atoms with van der Waals surface area (Å²) in [6.45, 7) is 5.40. The maximum absolute atomic E-state index is 6.15. The summed E-state index contributed by atoms with van der Waals surface area (Å²) in [5.41, 5.74) is 5.10. The van der Waals surface area contributed by atoms with Crippen molar-refractivity contribution in [1.29, 1.82) is 0 Å². The fraction of sp³-hybridized carbons (Fsp3) is 0.333. The maximum Gasteiger partial charge on any atom is 0.109 e. The lowest BCUT2D eigenvalue weighted by Gasteiger charge is -2.18. The Bertz CT molecular complexity index is 546. The van der Waals surface area contributed by atoms with Gasteiger partial charge in [0.2, 0.25) is 0 Å². The maximum atomic E-state index is 6.15. The van der Waals surface area contributed by atoms with E-state index in [9.17, 15) is 0 Å². The predicted molar refractivity (Wildman–Crippen MR) is 80.8 cm³/mol. The van der Waals surface area contributed by atoms with Gasteiger partial charge in [-0.15, -0.1) is 0 Å². The molecule has 0 bridgehead atoms. The van der Waals surface area contributed by atoms with Crippen molar-refractivity contribution < 1.29 is 9.47 Å². The molecule has 0 amide bonds. The molecule has 1 aliphatic carbocycles. The third-order valence-electron chi connectivity index (χ3n) is 3.73. The fourth-order valence-electron chi connectivity index (χ4n) is 2.85. The zero-order valence-corrected chi connectivity index (χ0v) is 12.0. The van der Waals surface area contributed by atoms with Crippen LogP contribution < -0.4 is 0 Å². The van der Waals surface area contributed by atoms with E-state index in [-0.39, 0.29) is 12.2 Å². The molecule has 3 rings (SSSR count). The van der Waals surface area contributed by atoms with Crippen molar-refractivity contribution in [1.82, 2.24) is 0 Å². The molecule has 0 spiro atoms. The first-order valence-electron chi connectivity index (χ1n) is 7.22. The summed E-state index contributed by atoms with van der Waals surface area (Å²) in [4.78, 5) is 0. The Morgan fingerprint density at radius 2 is 1.50 bits per heavy atom. The first-order chi connectivity index (χ1) is 9.81. The Labute approximate surface area is 120 Å². The predicted octanol–water partition coefficient (Wildman–Crippen LogP) is 4.20. The highest BCUT2D eigenvalue weighted by Crippen LogP contribution is 2.44. The lowest BCUT2D eigenvalue weighted by Crippen LogP contribution is -2.18. The highest BCUT2D eigenvalue weighted by atomic mass is 16.5. The number of ether oxygens (including phenoxy) is 2. The van der Waals surface area contributed by atoms with E-state index in [2.05, 4.69) is 55.5 Å². The number of hydrogen-bond donors (Lipinski definition) is 0. The Morgan fingerprint density at radius 3 is 2.05 bits per heavy atom. The molecule has 0 saturated heterocycles. The van der Waals surface area contributed by atoms with E-state index >= 15 is 0 Å². The van der Waals surface area contributed by atoms with Gasteiger partial charge in [0.05, 0.1) is 12.7 Å². The van der Waals surface area contributed by atoms with Gasteiger partial charge in [-0.1, -0.05) is 48.5 Å². The van der Waals surface area contributed by atoms with Gasteiger partial charge in [-0.2, -0.15) is 0 Å². The molecule has 0 saturated carbocycles. The third-order valence-corrected chi connectivity index (χ3v) is 3.73. The monoisotopic (exact) mass is 268 g/mol. The highest BCUT2D eigenvalue weighted by Gasteiger charge is 2.28. The van der Waals surface area contributed by atoms with Crippen LogP contribution in [0.5, 0.6) is 0 Å². The molecule has 20 heavy (non-hydrogen) atoms. The average Bonchev–Trinajstić information content (AvgIpc) is 2.80. The molecule has 1 atom stereocenters. The van der Waals surface area contributed by atoms with E-state index in [4.69, 9.17) is 9.47 Å². The lowest BCUT2D eigenvalue weighted by atomic mass is 10.1. The Kier molecular flexibility index (Phi) is 3.86. The standard InChI is InChI=1S/C18H20O2/c1-3-19-13(2)12-20-18-16-10-6-4-8-14(16)15-9-5-7-11-17(15)18/h4-11,13,18H,3,12H2,1-2H3. The van der Waals surface area contributed by atoms with Gasteiger partial charge < -0.3 is 9.47 Å². The van der Waals surface area contributed by atoms with Crippen molar-refractivity contribution in [3.63, 3.8) is 0 Å². The van der Waals surface area contributed by atoms with Crippen LogP contribution >= 0.6 is 0 Å². The van der Waals surface area contributed by atoms with Crippen molar-refractivity contribution in [2.75, 3.05) is 13.2 Å². The third kappa shape index (κ3) is 2.37. The van der Waals surface area contributed by atoms with Crippen LogP contribution in [0, 0.1) is 0 Å². The van der Waals surface area contributed by atoms with E-state index in [1.165, 1.54) is 22.3 Å². The smallest absolute Gasteiger partial charge is 0.109 e. The highest BCUT2D eigenvalue weighted by molar-refractivity contribution is 5.77. The molecule has 0 aliphatic heterocycles. The van der Waals surface area contributed by atoms with E-state index in [1.54, 1.807) is 0 Å². The van der Waals surface area contributed by atoms with Crippen LogP contribution in [0.1, 0.15) is 31.1 Å². The Morgan fingerprint density at radius 1 is 0.950 bits per heavy atom. The van der Waals surface area contributed by atoms with Gasteiger partial charge in [-0.3, -0.25) is 0 Å². The zero-order valence-electron chi connectivity index (χ0n) is 12.0. The number of hydrogen-bond acceptors (Lipinski definition) is 2. The number of fused-ring (bicyclic) bond motifs is 3. The Hall–Kier alpha value is -1.64. The second-order valence-electron chi connectivity index (χ2n) is 5.15. The first kappa shape index (κ1) is 13.3. The first-order valence-corrected chi connectivity index (χ1v) is 7.22. The van der Waals surface area contributed by atoms with Crippen molar-refractivity contribution in [2.24, 2.45) is 0 Å². The van der Waals surface area contributed by atoms with E-state index in [1.807, 2.05) is 6.92 Å². The molecule has 1 aliphatic rings. The number of rotatable bonds is 5. The molecule has 0 heterocycles. The molecule has 0 aromatic heterocycles. The van der Waals surface area contributed by atoms with E-state index < -0.39 is 0 Å². The topological polar surface area (TPSA) is 18.5 Å². The van der Waals surface area contributed by atoms with Crippen LogP contribution in [-0.4, -0.2) is 19.3 Å². The van der Waals surface area contributed by atoms with Gasteiger partial charge in [0.25, 0.3) is 0 Å². The molecule has 2 heteroatoms. The summed E-state index contributed by atoms with van der Waals surface area (Å²) in [6, 6.07) is 17.0. The van der Waals surface area contributed by atoms with Crippen LogP contribution in [0.3, 0.4) is 0 Å². The number of benzene rings is 2. The molecular weight excluding hydrogens is 248 g/mol. The zero-order chi connectivity index (χ0) is 13.9. The minimum absolute atomic E-state index is 0.0327. The van der Waals surface area contributed by atoms with Crippen LogP contribution in [0.15, 0.2) is 48.5 Å². The van der Waals surface area contributed by atoms with Crippen LogP contribution in [0.4, 0.5) is 0 Å². The van der Waals surface area contributed by atoms with Crippen LogP contribution in [0.25, 0.3) is 11.1 Å². The lowest BCUT2D eigenvalue weighted by molar-refractivity contribution is -0.0212. The second kappa shape index (κ2) is 5.78. The molecule has 0 fully saturated rings. The summed E-state index contributed by atoms with van der Waals surface area (Å²) in [5, 5.41) is 0. The SMILES string of the molecule is CCOC(C)COC1c2ccccc2-c2ccccc21. The van der Waals surface area contributed by atoms with E-state index in [0.717, 1.165) is 6.61 Å². The van der Waals surface area contributed by atoms with Crippen molar-refractivity contribution >= 4 is 0 Å². The fourth-order valence-corrected chi connectivity index (χ4v) is 2.85. The second-order valence-corrected chi connectivity index (χ2v) is 5.15. The average molecular weight is 268 g/mol. The summed E-state index contributed by atoms with van der Waals surface area (Å²) >= 11 is 0. The molecule has 104 valence electrons. The normalized spacial score (nSPS) is 14.9. The van der Waals surface area contributed by atoms with Crippen LogP contribution in [-0.2, 0) is 9.47 Å². The largest absolute Gasteiger partial charge is 0.376 e. The van der Waals surface area contributed by atoms with Crippen molar-refractivity contribution in [2.45, 2.75) is 26.1 Å². The van der Waals surface area contributed by atoms with Gasteiger partial charge in [0, 0.05) is 6.61 Å².